The lowest BCUT2D eigenvalue weighted by Crippen LogP contribution is -2.15. The van der Waals surface area contributed by atoms with Crippen molar-refractivity contribution in [2.45, 2.75) is 25.3 Å². The predicted octanol–water partition coefficient (Wildman–Crippen LogP) is 2.13. The van der Waals surface area contributed by atoms with Crippen LogP contribution in [0.3, 0.4) is 0 Å². The highest BCUT2D eigenvalue weighted by Gasteiger charge is 2.23. The van der Waals surface area contributed by atoms with Gasteiger partial charge in [0.15, 0.2) is 0 Å². The van der Waals surface area contributed by atoms with Gasteiger partial charge in [-0.15, -0.1) is 0 Å². The highest BCUT2D eigenvalue weighted by atomic mass is 15.1. The molecule has 2 nitrogen and oxygen atoms in total. The van der Waals surface area contributed by atoms with Gasteiger partial charge in [0.05, 0.1) is 0 Å². The van der Waals surface area contributed by atoms with Gasteiger partial charge in [0.25, 0.3) is 0 Å². The lowest BCUT2D eigenvalue weighted by Gasteiger charge is -2.17. The second-order valence-corrected chi connectivity index (χ2v) is 4.67. The number of hydrogen-bond acceptors (Lipinski definition) is 2. The summed E-state index contributed by atoms with van der Waals surface area (Å²) >= 11 is 0. The van der Waals surface area contributed by atoms with Crippen molar-refractivity contribution in [3.05, 3.63) is 35.4 Å². The summed E-state index contributed by atoms with van der Waals surface area (Å²) in [7, 11) is 2.19. The Labute approximate surface area is 92.1 Å². The van der Waals surface area contributed by atoms with E-state index in [-0.39, 0.29) is 6.04 Å². The van der Waals surface area contributed by atoms with Gasteiger partial charge in [-0.05, 0) is 44.0 Å². The molecule has 0 spiro atoms. The van der Waals surface area contributed by atoms with E-state index in [1.165, 1.54) is 30.6 Å². The van der Waals surface area contributed by atoms with Crippen molar-refractivity contribution in [3.63, 3.8) is 0 Å². The molecule has 0 aromatic heterocycles. The topological polar surface area (TPSA) is 29.3 Å². The smallest absolute Gasteiger partial charge is 0.0268 e. The van der Waals surface area contributed by atoms with Gasteiger partial charge in [-0.3, -0.25) is 0 Å². The standard InChI is InChI=1S/C13H20N2/c1-10(14)12-5-3-4-6-13(12)11-7-8-15(2)9-11/h3-6,10-11H,7-9,14H2,1-2H3. The Morgan fingerprint density at radius 2 is 2.13 bits per heavy atom. The molecule has 2 rings (SSSR count). The van der Waals surface area contributed by atoms with Crippen molar-refractivity contribution in [3.8, 4) is 0 Å². The molecule has 2 unspecified atom stereocenters. The summed E-state index contributed by atoms with van der Waals surface area (Å²) in [5.41, 5.74) is 8.78. The van der Waals surface area contributed by atoms with E-state index < -0.39 is 0 Å². The molecule has 0 radical (unpaired) electrons. The van der Waals surface area contributed by atoms with Crippen molar-refractivity contribution < 1.29 is 0 Å². The van der Waals surface area contributed by atoms with E-state index in [0.29, 0.717) is 5.92 Å². The summed E-state index contributed by atoms with van der Waals surface area (Å²) in [6, 6.07) is 8.76. The van der Waals surface area contributed by atoms with Crippen LogP contribution in [0.25, 0.3) is 0 Å². The maximum absolute atomic E-state index is 6.00. The van der Waals surface area contributed by atoms with Crippen LogP contribution in [-0.2, 0) is 0 Å². The lowest BCUT2D eigenvalue weighted by molar-refractivity contribution is 0.411. The number of nitrogens with two attached hydrogens (primary N) is 1. The first-order chi connectivity index (χ1) is 7.18. The molecular weight excluding hydrogens is 184 g/mol. The maximum Gasteiger partial charge on any atom is 0.0268 e. The van der Waals surface area contributed by atoms with Gasteiger partial charge in [0.1, 0.15) is 0 Å². The van der Waals surface area contributed by atoms with E-state index in [0.717, 1.165) is 0 Å². The Morgan fingerprint density at radius 1 is 1.40 bits per heavy atom. The number of rotatable bonds is 2. The van der Waals surface area contributed by atoms with Crippen LogP contribution < -0.4 is 5.73 Å². The number of hydrogen-bond donors (Lipinski definition) is 1. The molecule has 0 amide bonds. The van der Waals surface area contributed by atoms with Crippen molar-refractivity contribution in [1.82, 2.24) is 4.90 Å². The highest BCUT2D eigenvalue weighted by molar-refractivity contribution is 5.33. The summed E-state index contributed by atoms with van der Waals surface area (Å²) in [5.74, 6) is 0.678. The zero-order valence-corrected chi connectivity index (χ0v) is 9.61. The number of nitrogens with zero attached hydrogens (tertiary/aromatic N) is 1. The highest BCUT2D eigenvalue weighted by Crippen LogP contribution is 2.30. The van der Waals surface area contributed by atoms with Crippen LogP contribution in [-0.4, -0.2) is 25.0 Å². The van der Waals surface area contributed by atoms with Crippen LogP contribution in [0.1, 0.15) is 36.4 Å². The number of likely N-dealkylation sites (tertiary alicyclic amines) is 1. The molecule has 2 atom stereocenters. The number of likely N-dealkylation sites (N-methyl/N-ethyl adjacent to an activating group) is 1. The third kappa shape index (κ3) is 2.21. The molecular formula is C13H20N2. The van der Waals surface area contributed by atoms with Gasteiger partial charge in [-0.1, -0.05) is 24.3 Å². The first kappa shape index (κ1) is 10.7. The van der Waals surface area contributed by atoms with E-state index in [9.17, 15) is 0 Å². The van der Waals surface area contributed by atoms with E-state index in [4.69, 9.17) is 5.73 Å². The van der Waals surface area contributed by atoms with Gasteiger partial charge in [0, 0.05) is 12.6 Å². The minimum absolute atomic E-state index is 0.145. The number of benzene rings is 1. The first-order valence-electron chi connectivity index (χ1n) is 5.71. The van der Waals surface area contributed by atoms with Gasteiger partial charge in [-0.2, -0.15) is 0 Å². The average Bonchev–Trinajstić information content (AvgIpc) is 2.65. The Kier molecular flexibility index (Phi) is 3.08. The van der Waals surface area contributed by atoms with E-state index >= 15 is 0 Å². The van der Waals surface area contributed by atoms with Crippen LogP contribution in [0.2, 0.25) is 0 Å². The first-order valence-corrected chi connectivity index (χ1v) is 5.71. The molecule has 1 saturated heterocycles. The quantitative estimate of drug-likeness (QED) is 0.799. The Morgan fingerprint density at radius 3 is 2.73 bits per heavy atom. The summed E-state index contributed by atoms with van der Waals surface area (Å²) < 4.78 is 0. The lowest BCUT2D eigenvalue weighted by atomic mass is 9.91. The molecule has 1 fully saturated rings. The van der Waals surface area contributed by atoms with Crippen LogP contribution in [0.4, 0.5) is 0 Å². The Balaban J connectivity index is 2.27. The van der Waals surface area contributed by atoms with Gasteiger partial charge < -0.3 is 10.6 Å². The fourth-order valence-electron chi connectivity index (χ4n) is 2.49. The van der Waals surface area contributed by atoms with Crippen LogP contribution in [0, 0.1) is 0 Å². The van der Waals surface area contributed by atoms with Gasteiger partial charge in [0.2, 0.25) is 0 Å². The van der Waals surface area contributed by atoms with E-state index in [1.807, 2.05) is 0 Å². The molecule has 1 heterocycles. The Hall–Kier alpha value is -0.860. The summed E-state index contributed by atoms with van der Waals surface area (Å²) in [6.07, 6.45) is 1.26. The molecule has 0 aliphatic carbocycles. The second-order valence-electron chi connectivity index (χ2n) is 4.67. The maximum atomic E-state index is 6.00. The molecule has 1 aromatic carbocycles. The normalized spacial score (nSPS) is 24.3. The molecule has 2 heteroatoms. The molecule has 1 aliphatic rings. The zero-order valence-electron chi connectivity index (χ0n) is 9.61. The Bertz CT molecular complexity index is 333. The minimum Gasteiger partial charge on any atom is -0.324 e. The van der Waals surface area contributed by atoms with Gasteiger partial charge >= 0.3 is 0 Å². The molecule has 15 heavy (non-hydrogen) atoms. The van der Waals surface area contributed by atoms with Crippen LogP contribution in [0.5, 0.6) is 0 Å². The minimum atomic E-state index is 0.145. The van der Waals surface area contributed by atoms with E-state index in [2.05, 4.69) is 43.1 Å². The summed E-state index contributed by atoms with van der Waals surface area (Å²) in [5, 5.41) is 0. The van der Waals surface area contributed by atoms with Gasteiger partial charge in [-0.25, -0.2) is 0 Å². The SMILES string of the molecule is CC(N)c1ccccc1C1CCN(C)C1. The third-order valence-corrected chi connectivity index (χ3v) is 3.32. The summed E-state index contributed by atoms with van der Waals surface area (Å²) in [4.78, 5) is 2.39. The third-order valence-electron chi connectivity index (χ3n) is 3.32. The molecule has 1 aliphatic heterocycles. The zero-order chi connectivity index (χ0) is 10.8. The van der Waals surface area contributed by atoms with Crippen molar-refractivity contribution in [2.24, 2.45) is 5.73 Å². The van der Waals surface area contributed by atoms with Crippen molar-refractivity contribution >= 4 is 0 Å². The molecule has 1 aromatic rings. The largest absolute Gasteiger partial charge is 0.324 e. The summed E-state index contributed by atoms with van der Waals surface area (Å²) in [6.45, 7) is 4.44. The molecule has 0 saturated carbocycles. The van der Waals surface area contributed by atoms with Crippen LogP contribution in [0.15, 0.2) is 24.3 Å². The molecule has 82 valence electrons. The van der Waals surface area contributed by atoms with Crippen molar-refractivity contribution in [2.75, 3.05) is 20.1 Å². The fraction of sp³-hybridized carbons (Fsp3) is 0.538. The monoisotopic (exact) mass is 204 g/mol. The predicted molar refractivity (Wildman–Crippen MR) is 63.9 cm³/mol. The average molecular weight is 204 g/mol. The van der Waals surface area contributed by atoms with Crippen molar-refractivity contribution in [1.29, 1.82) is 0 Å². The van der Waals surface area contributed by atoms with E-state index in [1.54, 1.807) is 0 Å². The van der Waals surface area contributed by atoms with Crippen LogP contribution >= 0.6 is 0 Å². The molecule has 0 bridgehead atoms. The molecule has 2 N–H and O–H groups in total. The fourth-order valence-corrected chi connectivity index (χ4v) is 2.49. The second kappa shape index (κ2) is 4.33.